The molecular weight excluding hydrogens is 510 g/mol. The van der Waals surface area contributed by atoms with Crippen LogP contribution in [0.15, 0.2) is 71.7 Å². The molecule has 1 spiro atoms. The second-order valence-corrected chi connectivity index (χ2v) is 11.4. The summed E-state index contributed by atoms with van der Waals surface area (Å²) in [6.45, 7) is 3.76. The van der Waals surface area contributed by atoms with E-state index in [1.54, 1.807) is 0 Å². The quantitative estimate of drug-likeness (QED) is 0.233. The van der Waals surface area contributed by atoms with Gasteiger partial charge in [-0.1, -0.05) is 68.3 Å². The van der Waals surface area contributed by atoms with E-state index in [2.05, 4.69) is 80.6 Å². The second kappa shape index (κ2) is 10.9. The molecule has 1 N–H and O–H groups in total. The maximum absolute atomic E-state index is 6.55. The van der Waals surface area contributed by atoms with Crippen LogP contribution in [0.3, 0.4) is 0 Å². The maximum Gasteiger partial charge on any atom is 0.216 e. The molecule has 41 heavy (non-hydrogen) atoms. The van der Waals surface area contributed by atoms with Gasteiger partial charge in [-0.25, -0.2) is 9.98 Å². The highest BCUT2D eigenvalue weighted by molar-refractivity contribution is 5.98. The molecule has 1 fully saturated rings. The number of imidazole rings is 1. The van der Waals surface area contributed by atoms with Crippen molar-refractivity contribution < 1.29 is 4.74 Å². The zero-order valence-electron chi connectivity index (χ0n) is 23.5. The first-order chi connectivity index (χ1) is 20.2. The van der Waals surface area contributed by atoms with Gasteiger partial charge in [0.05, 0.1) is 17.6 Å². The third kappa shape index (κ3) is 5.03. The van der Waals surface area contributed by atoms with E-state index in [1.807, 2.05) is 18.2 Å². The van der Waals surface area contributed by atoms with Gasteiger partial charge in [0.2, 0.25) is 11.7 Å². The van der Waals surface area contributed by atoms with Crippen molar-refractivity contribution in [2.24, 2.45) is 4.99 Å². The van der Waals surface area contributed by atoms with Crippen LogP contribution in [-0.4, -0.2) is 48.2 Å². The number of aromatic amines is 1. The fourth-order valence-corrected chi connectivity index (χ4v) is 6.28. The number of aryl methyl sites for hydroxylation is 1. The Balaban J connectivity index is 1.19. The molecule has 7 rings (SSSR count). The van der Waals surface area contributed by atoms with E-state index >= 15 is 0 Å². The summed E-state index contributed by atoms with van der Waals surface area (Å²) < 4.78 is 8.93. The number of aliphatic imine (C=N–C) groups is 1. The van der Waals surface area contributed by atoms with Gasteiger partial charge in [0.1, 0.15) is 11.4 Å². The molecule has 3 heterocycles. The lowest BCUT2D eigenvalue weighted by atomic mass is 9.85. The molecule has 0 saturated heterocycles. The molecule has 2 aliphatic rings. The van der Waals surface area contributed by atoms with Gasteiger partial charge < -0.3 is 9.30 Å². The molecule has 8 heteroatoms. The number of unbranched alkanes of at least 4 members (excludes halogenated alkanes) is 1. The summed E-state index contributed by atoms with van der Waals surface area (Å²) in [6, 6.07) is 23.4. The van der Waals surface area contributed by atoms with Gasteiger partial charge in [0.15, 0.2) is 0 Å². The Morgan fingerprint density at radius 1 is 0.927 bits per heavy atom. The van der Waals surface area contributed by atoms with Crippen LogP contribution in [0.1, 0.15) is 68.8 Å². The highest BCUT2D eigenvalue weighted by Gasteiger charge is 2.39. The van der Waals surface area contributed by atoms with Crippen molar-refractivity contribution in [2.45, 2.75) is 70.4 Å². The second-order valence-electron chi connectivity index (χ2n) is 11.4. The zero-order chi connectivity index (χ0) is 27.6. The third-order valence-electron chi connectivity index (χ3n) is 8.54. The first-order valence-electron chi connectivity index (χ1n) is 14.9. The fourth-order valence-electron chi connectivity index (χ4n) is 6.28. The van der Waals surface area contributed by atoms with Gasteiger partial charge in [-0.3, -0.25) is 0 Å². The molecule has 5 aromatic rings. The summed E-state index contributed by atoms with van der Waals surface area (Å²) in [5.41, 5.74) is 7.50. The number of hydrogen-bond donors (Lipinski definition) is 1. The van der Waals surface area contributed by atoms with E-state index in [0.29, 0.717) is 5.82 Å². The van der Waals surface area contributed by atoms with Gasteiger partial charge in [-0.2, -0.15) is 5.21 Å². The lowest BCUT2D eigenvalue weighted by molar-refractivity contribution is 0.0474. The molecule has 0 bridgehead atoms. The van der Waals surface area contributed by atoms with E-state index in [4.69, 9.17) is 14.7 Å². The smallest absolute Gasteiger partial charge is 0.216 e. The molecule has 2 aromatic heterocycles. The lowest BCUT2D eigenvalue weighted by Crippen LogP contribution is -2.35. The Bertz CT molecular complexity index is 1680. The van der Waals surface area contributed by atoms with Crippen molar-refractivity contribution in [3.05, 3.63) is 83.7 Å². The molecule has 1 aliphatic heterocycles. The highest BCUT2D eigenvalue weighted by Crippen LogP contribution is 2.37. The van der Waals surface area contributed by atoms with Crippen LogP contribution >= 0.6 is 0 Å². The van der Waals surface area contributed by atoms with Crippen LogP contribution in [0.4, 0.5) is 0 Å². The Hall–Kier alpha value is -4.33. The number of ether oxygens (including phenoxy) is 1. The van der Waals surface area contributed by atoms with Crippen LogP contribution in [0.25, 0.3) is 33.5 Å². The SMILES string of the molecule is CCCCc1nc2ccc(C3=NCC4(CCCCC4)O3)cc2n1Cc1ccc(-c2ccccc2-c2nn[nH]n2)cc1. The number of nitrogens with zero attached hydrogens (tertiary/aromatic N) is 6. The Morgan fingerprint density at radius 2 is 1.73 bits per heavy atom. The molecule has 1 aliphatic carbocycles. The van der Waals surface area contributed by atoms with Crippen LogP contribution in [-0.2, 0) is 17.7 Å². The summed E-state index contributed by atoms with van der Waals surface area (Å²) in [7, 11) is 0. The molecule has 3 aromatic carbocycles. The predicted molar refractivity (Wildman–Crippen MR) is 161 cm³/mol. The minimum Gasteiger partial charge on any atom is -0.469 e. The molecule has 0 radical (unpaired) electrons. The number of aromatic nitrogens is 6. The average Bonchev–Trinajstić information content (AvgIpc) is 3.77. The molecule has 1 saturated carbocycles. The number of hydrogen-bond acceptors (Lipinski definition) is 6. The lowest BCUT2D eigenvalue weighted by Gasteiger charge is -2.32. The highest BCUT2D eigenvalue weighted by atomic mass is 16.5. The van der Waals surface area contributed by atoms with Gasteiger partial charge in [-0.15, -0.1) is 10.2 Å². The number of benzene rings is 3. The first kappa shape index (κ1) is 25.6. The van der Waals surface area contributed by atoms with Gasteiger partial charge in [0, 0.05) is 24.1 Å². The molecule has 8 nitrogen and oxygen atoms in total. The molecular formula is C33H35N7O. The number of rotatable bonds is 8. The minimum atomic E-state index is -0.0842. The van der Waals surface area contributed by atoms with Crippen molar-refractivity contribution in [1.82, 2.24) is 30.2 Å². The van der Waals surface area contributed by atoms with Crippen molar-refractivity contribution in [3.8, 4) is 22.5 Å². The van der Waals surface area contributed by atoms with E-state index in [-0.39, 0.29) is 5.60 Å². The van der Waals surface area contributed by atoms with E-state index < -0.39 is 0 Å². The van der Waals surface area contributed by atoms with Crippen molar-refractivity contribution in [3.63, 3.8) is 0 Å². The summed E-state index contributed by atoms with van der Waals surface area (Å²) in [6.07, 6.45) is 9.19. The van der Waals surface area contributed by atoms with Crippen molar-refractivity contribution >= 4 is 16.9 Å². The summed E-state index contributed by atoms with van der Waals surface area (Å²) >= 11 is 0. The molecule has 0 atom stereocenters. The van der Waals surface area contributed by atoms with Gasteiger partial charge in [0.25, 0.3) is 0 Å². The van der Waals surface area contributed by atoms with Gasteiger partial charge >= 0.3 is 0 Å². The van der Waals surface area contributed by atoms with Crippen molar-refractivity contribution in [1.29, 1.82) is 0 Å². The van der Waals surface area contributed by atoms with Gasteiger partial charge in [-0.05, 0) is 72.2 Å². The molecule has 0 unspecified atom stereocenters. The molecule has 208 valence electrons. The van der Waals surface area contributed by atoms with E-state index in [1.165, 1.54) is 24.8 Å². The average molecular weight is 546 g/mol. The Labute approximate surface area is 239 Å². The van der Waals surface area contributed by atoms with Crippen LogP contribution in [0, 0.1) is 0 Å². The number of tetrazole rings is 1. The van der Waals surface area contributed by atoms with Crippen molar-refractivity contribution in [2.75, 3.05) is 6.54 Å². The first-order valence-corrected chi connectivity index (χ1v) is 14.9. The predicted octanol–water partition coefficient (Wildman–Crippen LogP) is 6.75. The largest absolute Gasteiger partial charge is 0.469 e. The third-order valence-corrected chi connectivity index (χ3v) is 8.54. The number of H-pyrrole nitrogens is 1. The summed E-state index contributed by atoms with van der Waals surface area (Å²) in [5, 5.41) is 14.7. The molecule has 0 amide bonds. The monoisotopic (exact) mass is 545 g/mol. The minimum absolute atomic E-state index is 0.0842. The normalized spacial score (nSPS) is 16.3. The number of nitrogens with one attached hydrogen (secondary N) is 1. The van der Waals surface area contributed by atoms with Crippen LogP contribution in [0.2, 0.25) is 0 Å². The van der Waals surface area contributed by atoms with Crippen LogP contribution in [0.5, 0.6) is 0 Å². The Kier molecular flexibility index (Phi) is 6.82. The maximum atomic E-state index is 6.55. The van der Waals surface area contributed by atoms with E-state index in [9.17, 15) is 0 Å². The topological polar surface area (TPSA) is 93.9 Å². The number of fused-ring (bicyclic) bond motifs is 1. The van der Waals surface area contributed by atoms with Crippen LogP contribution < -0.4 is 0 Å². The Morgan fingerprint density at radius 3 is 2.51 bits per heavy atom. The standard InChI is InChI=1S/C33H35N7O/c1-2-3-11-30-35-28-17-16-25(32-34-22-33(41-32)18-7-4-8-19-33)20-29(28)40(30)21-23-12-14-24(15-13-23)26-9-5-6-10-27(26)31-36-38-39-37-31/h5-6,9-10,12-17,20H,2-4,7-8,11,18-19,21-22H2,1H3,(H,36,37,38,39). The van der Waals surface area contributed by atoms with E-state index in [0.717, 1.165) is 90.2 Å². The fraction of sp³-hybridized carbons (Fsp3) is 0.364. The summed E-state index contributed by atoms with van der Waals surface area (Å²) in [4.78, 5) is 9.94. The summed E-state index contributed by atoms with van der Waals surface area (Å²) in [5.74, 6) is 2.51. The zero-order valence-corrected chi connectivity index (χ0v) is 23.5.